The average molecular weight is 562 g/mol. The van der Waals surface area contributed by atoms with E-state index in [1.807, 2.05) is 56.8 Å². The predicted octanol–water partition coefficient (Wildman–Crippen LogP) is 4.24. The highest BCUT2D eigenvalue weighted by Gasteiger charge is 2.48. The Labute approximate surface area is 241 Å². The topological polar surface area (TPSA) is 117 Å². The van der Waals surface area contributed by atoms with E-state index in [4.69, 9.17) is 4.98 Å². The lowest BCUT2D eigenvalue weighted by Gasteiger charge is -2.28. The van der Waals surface area contributed by atoms with E-state index in [-0.39, 0.29) is 5.69 Å². The molecule has 7 rings (SSSR count). The van der Waals surface area contributed by atoms with E-state index < -0.39 is 17.3 Å². The lowest BCUT2D eigenvalue weighted by Crippen LogP contribution is -2.45. The molecular formula is C31H28FN9O. The van der Waals surface area contributed by atoms with Gasteiger partial charge in [-0.05, 0) is 68.0 Å². The van der Waals surface area contributed by atoms with Crippen LogP contribution < -0.4 is 10.2 Å². The summed E-state index contributed by atoms with van der Waals surface area (Å²) in [5, 5.41) is 21.7. The lowest BCUT2D eigenvalue weighted by molar-refractivity contribution is 0.0895. The fourth-order valence-corrected chi connectivity index (χ4v) is 6.68. The van der Waals surface area contributed by atoms with E-state index in [1.54, 1.807) is 15.4 Å². The number of nitrogens with zero attached hydrogens (tertiary/aromatic N) is 8. The molecule has 5 aromatic rings. The van der Waals surface area contributed by atoms with E-state index in [0.29, 0.717) is 17.4 Å². The van der Waals surface area contributed by atoms with Crippen LogP contribution in [0.4, 0.5) is 10.2 Å². The molecule has 1 saturated carbocycles. The minimum Gasteiger partial charge on any atom is -0.356 e. The highest BCUT2D eigenvalue weighted by atomic mass is 19.1. The molecule has 1 amide bonds. The zero-order chi connectivity index (χ0) is 29.0. The van der Waals surface area contributed by atoms with E-state index in [0.717, 1.165) is 59.7 Å². The van der Waals surface area contributed by atoms with Crippen molar-refractivity contribution in [1.29, 1.82) is 5.26 Å². The molecule has 0 radical (unpaired) electrons. The molecule has 1 N–H and O–H groups in total. The van der Waals surface area contributed by atoms with Gasteiger partial charge in [0.1, 0.15) is 11.9 Å². The number of fused-ring (bicyclic) bond motifs is 2. The number of pyridine rings is 3. The van der Waals surface area contributed by atoms with Crippen molar-refractivity contribution >= 4 is 17.2 Å². The maximum atomic E-state index is 14.1. The first-order chi connectivity index (χ1) is 20.3. The van der Waals surface area contributed by atoms with E-state index >= 15 is 0 Å². The smallest absolute Gasteiger partial charge is 0.273 e. The van der Waals surface area contributed by atoms with Gasteiger partial charge in [0.25, 0.3) is 5.91 Å². The molecule has 2 fully saturated rings. The quantitative estimate of drug-likeness (QED) is 0.341. The van der Waals surface area contributed by atoms with Crippen molar-refractivity contribution < 1.29 is 9.18 Å². The SMILES string of the molecule is Cn1ccc(-c2cc(-c3ccc(N4C[C@@H]5C[C@@](C)(NC(=O)c6ncccc6F)C[C@@H]5C4)nc3)c3c(C#N)cnn3c2)n1. The standard InChI is InChI=1S/C31H28FN9O/c1-31(37-30(42)28-25(32)4-3-8-34-28)11-21-16-40(17-22(21)12-31)27-6-5-19(14-35-27)24-10-20(26-7-9-39(2)38-26)18-41-29(24)23(13-33)15-36-41/h3-10,14-15,18,21-22H,11-12,16-17H2,1-2H3,(H,37,42)/t21-,22+,31+. The molecule has 2 aliphatic rings. The number of nitrogens with one attached hydrogen (secondary N) is 1. The lowest BCUT2D eigenvalue weighted by atomic mass is 9.97. The Morgan fingerprint density at radius 2 is 1.93 bits per heavy atom. The predicted molar refractivity (Wildman–Crippen MR) is 154 cm³/mol. The first-order valence-electron chi connectivity index (χ1n) is 13.9. The van der Waals surface area contributed by atoms with Crippen LogP contribution in [-0.4, -0.2) is 53.9 Å². The van der Waals surface area contributed by atoms with Crippen LogP contribution in [-0.2, 0) is 7.05 Å². The number of aromatic nitrogens is 6. The molecule has 1 saturated heterocycles. The summed E-state index contributed by atoms with van der Waals surface area (Å²) in [7, 11) is 1.87. The molecule has 0 unspecified atom stereocenters. The number of rotatable bonds is 5. The van der Waals surface area contributed by atoms with Gasteiger partial charge in [-0.1, -0.05) is 0 Å². The Kier molecular flexibility index (Phi) is 6.01. The fourth-order valence-electron chi connectivity index (χ4n) is 6.68. The van der Waals surface area contributed by atoms with Gasteiger partial charge in [-0.15, -0.1) is 0 Å². The van der Waals surface area contributed by atoms with Crippen molar-refractivity contribution in [3.05, 3.63) is 84.5 Å². The highest BCUT2D eigenvalue weighted by Crippen LogP contribution is 2.45. The molecule has 10 nitrogen and oxygen atoms in total. The summed E-state index contributed by atoms with van der Waals surface area (Å²) in [5.41, 5.74) is 4.11. The summed E-state index contributed by atoms with van der Waals surface area (Å²) in [6.07, 6.45) is 10.2. The summed E-state index contributed by atoms with van der Waals surface area (Å²) < 4.78 is 17.6. The number of halogens is 1. The minimum atomic E-state index is -0.612. The van der Waals surface area contributed by atoms with Gasteiger partial charge in [-0.25, -0.2) is 18.9 Å². The van der Waals surface area contributed by atoms with Gasteiger partial charge in [0, 0.05) is 67.2 Å². The second-order valence-electron chi connectivity index (χ2n) is 11.6. The second kappa shape index (κ2) is 9.76. The zero-order valence-electron chi connectivity index (χ0n) is 23.2. The number of hydrogen-bond donors (Lipinski definition) is 1. The average Bonchev–Trinajstić information content (AvgIpc) is 3.75. The third-order valence-corrected chi connectivity index (χ3v) is 8.52. The second-order valence-corrected chi connectivity index (χ2v) is 11.6. The summed E-state index contributed by atoms with van der Waals surface area (Å²) in [4.78, 5) is 23.8. The third kappa shape index (κ3) is 4.45. The van der Waals surface area contributed by atoms with Crippen LogP contribution in [0.2, 0.25) is 0 Å². The summed E-state index contributed by atoms with van der Waals surface area (Å²) in [6.45, 7) is 3.70. The van der Waals surface area contributed by atoms with Gasteiger partial charge in [-0.3, -0.25) is 9.48 Å². The number of aryl methyl sites for hydroxylation is 1. The van der Waals surface area contributed by atoms with Gasteiger partial charge in [0.05, 0.1) is 23.0 Å². The molecule has 0 aromatic carbocycles. The Balaban J connectivity index is 1.09. The van der Waals surface area contributed by atoms with Crippen molar-refractivity contribution in [3.63, 3.8) is 0 Å². The molecule has 6 heterocycles. The van der Waals surface area contributed by atoms with Crippen molar-refractivity contribution in [2.45, 2.75) is 25.3 Å². The Hall–Kier alpha value is -5.11. The van der Waals surface area contributed by atoms with Crippen molar-refractivity contribution in [2.75, 3.05) is 18.0 Å². The van der Waals surface area contributed by atoms with Crippen LogP contribution >= 0.6 is 0 Å². The largest absolute Gasteiger partial charge is 0.356 e. The molecule has 42 heavy (non-hydrogen) atoms. The van der Waals surface area contributed by atoms with Crippen LogP contribution in [0.15, 0.2) is 67.4 Å². The number of hydrogen-bond acceptors (Lipinski definition) is 7. The maximum Gasteiger partial charge on any atom is 0.273 e. The monoisotopic (exact) mass is 561 g/mol. The van der Waals surface area contributed by atoms with Gasteiger partial charge in [0.15, 0.2) is 11.5 Å². The van der Waals surface area contributed by atoms with Crippen molar-refractivity contribution in [3.8, 4) is 28.5 Å². The number of carbonyl (C=O) groups is 1. The van der Waals surface area contributed by atoms with Gasteiger partial charge in [0.2, 0.25) is 0 Å². The first-order valence-corrected chi connectivity index (χ1v) is 13.9. The first kappa shape index (κ1) is 25.8. The van der Waals surface area contributed by atoms with Crippen LogP contribution in [0.5, 0.6) is 0 Å². The Bertz CT molecular complexity index is 1860. The van der Waals surface area contributed by atoms with Crippen molar-refractivity contribution in [2.24, 2.45) is 18.9 Å². The zero-order valence-corrected chi connectivity index (χ0v) is 23.2. The molecule has 210 valence electrons. The third-order valence-electron chi connectivity index (χ3n) is 8.52. The number of nitriles is 1. The number of anilines is 1. The summed E-state index contributed by atoms with van der Waals surface area (Å²) >= 11 is 0. The number of carbonyl (C=O) groups excluding carboxylic acids is 1. The molecule has 0 spiro atoms. The van der Waals surface area contributed by atoms with E-state index in [1.165, 1.54) is 18.3 Å². The summed E-state index contributed by atoms with van der Waals surface area (Å²) in [5.74, 6) is 0.595. The van der Waals surface area contributed by atoms with Crippen LogP contribution in [0.3, 0.4) is 0 Å². The van der Waals surface area contributed by atoms with E-state index in [9.17, 15) is 14.4 Å². The van der Waals surface area contributed by atoms with Crippen LogP contribution in [0.25, 0.3) is 27.9 Å². The molecular weight excluding hydrogens is 533 g/mol. The number of amides is 1. The molecule has 1 aliphatic carbocycles. The van der Waals surface area contributed by atoms with Crippen LogP contribution in [0.1, 0.15) is 35.8 Å². The Morgan fingerprint density at radius 1 is 1.12 bits per heavy atom. The van der Waals surface area contributed by atoms with Gasteiger partial charge >= 0.3 is 0 Å². The molecule has 0 bridgehead atoms. The molecule has 11 heteroatoms. The molecule has 1 aliphatic heterocycles. The molecule has 5 aromatic heterocycles. The highest BCUT2D eigenvalue weighted by molar-refractivity contribution is 5.93. The molecule has 3 atom stereocenters. The normalized spacial score (nSPS) is 21.4. The minimum absolute atomic E-state index is 0.164. The van der Waals surface area contributed by atoms with Gasteiger partial charge < -0.3 is 10.2 Å². The van der Waals surface area contributed by atoms with E-state index in [2.05, 4.69) is 31.5 Å². The van der Waals surface area contributed by atoms with Gasteiger partial charge in [-0.2, -0.15) is 15.5 Å². The fraction of sp³-hybridized carbons (Fsp3) is 0.290. The summed E-state index contributed by atoms with van der Waals surface area (Å²) in [6, 6.07) is 13.0. The Morgan fingerprint density at radius 3 is 2.60 bits per heavy atom. The van der Waals surface area contributed by atoms with Crippen LogP contribution in [0, 0.1) is 29.0 Å². The van der Waals surface area contributed by atoms with Crippen molar-refractivity contribution in [1.82, 2.24) is 34.7 Å². The maximum absolute atomic E-state index is 14.1.